The predicted molar refractivity (Wildman–Crippen MR) is 116 cm³/mol. The summed E-state index contributed by atoms with van der Waals surface area (Å²) in [5.41, 5.74) is 3.37. The van der Waals surface area contributed by atoms with Crippen molar-refractivity contribution < 1.29 is 13.2 Å². The van der Waals surface area contributed by atoms with Crippen LogP contribution in [-0.4, -0.2) is 41.4 Å². The molecule has 0 unspecified atom stereocenters. The first-order chi connectivity index (χ1) is 14.4. The number of ketones is 1. The van der Waals surface area contributed by atoms with Gasteiger partial charge in [0.2, 0.25) is 15.8 Å². The molecule has 0 bridgehead atoms. The van der Waals surface area contributed by atoms with Crippen molar-refractivity contribution in [1.29, 1.82) is 0 Å². The molecular formula is C22H20N4O3S. The molecule has 0 spiro atoms. The summed E-state index contributed by atoms with van der Waals surface area (Å²) in [5.74, 6) is -0.203. The first-order valence-corrected chi connectivity index (χ1v) is 11.2. The van der Waals surface area contributed by atoms with E-state index < -0.39 is 10.0 Å². The van der Waals surface area contributed by atoms with Gasteiger partial charge in [-0.15, -0.1) is 0 Å². The zero-order chi connectivity index (χ0) is 21.3. The van der Waals surface area contributed by atoms with Gasteiger partial charge in [0.05, 0.1) is 17.6 Å². The second-order valence-corrected chi connectivity index (χ2v) is 8.70. The number of hydrogen-bond acceptors (Lipinski definition) is 5. The average Bonchev–Trinajstić information content (AvgIpc) is 3.18. The molecule has 2 aromatic carbocycles. The number of carbonyl (C=O) groups is 1. The molecular weight excluding hydrogens is 400 g/mol. The van der Waals surface area contributed by atoms with E-state index in [2.05, 4.69) is 9.97 Å². The van der Waals surface area contributed by atoms with Crippen LogP contribution in [0.25, 0.3) is 16.9 Å². The Labute approximate surface area is 174 Å². The Morgan fingerprint density at radius 1 is 1.03 bits per heavy atom. The molecule has 8 heteroatoms. The molecule has 2 heterocycles. The Morgan fingerprint density at radius 2 is 1.80 bits per heavy atom. The van der Waals surface area contributed by atoms with Crippen LogP contribution in [0.3, 0.4) is 0 Å². The number of nitrogens with zero attached hydrogens (tertiary/aromatic N) is 4. The van der Waals surface area contributed by atoms with Crippen LogP contribution >= 0.6 is 0 Å². The van der Waals surface area contributed by atoms with Crippen LogP contribution in [0.2, 0.25) is 0 Å². The van der Waals surface area contributed by atoms with E-state index in [1.54, 1.807) is 72.4 Å². The number of hydrogen-bond donors (Lipinski definition) is 0. The van der Waals surface area contributed by atoms with Gasteiger partial charge in [-0.25, -0.2) is 18.4 Å². The van der Waals surface area contributed by atoms with Crippen molar-refractivity contribution in [2.24, 2.45) is 0 Å². The molecule has 7 nitrogen and oxygen atoms in total. The highest BCUT2D eigenvalue weighted by atomic mass is 32.2. The molecule has 4 rings (SSSR count). The van der Waals surface area contributed by atoms with Crippen LogP contribution in [-0.2, 0) is 10.0 Å². The minimum absolute atomic E-state index is 0.203. The number of sulfonamides is 1. The zero-order valence-corrected chi connectivity index (χ0v) is 17.4. The number of carbonyl (C=O) groups excluding carboxylic acids is 1. The van der Waals surface area contributed by atoms with E-state index in [9.17, 15) is 13.2 Å². The minimum atomic E-state index is -3.39. The van der Waals surface area contributed by atoms with Crippen LogP contribution in [0.1, 0.15) is 23.0 Å². The lowest BCUT2D eigenvalue weighted by atomic mass is 10.1. The SMILES string of the molecule is CCN(c1cccc(-c2ccnc3c(C(=O)c4ccccc4)ncn23)c1)S(C)(=O)=O. The van der Waals surface area contributed by atoms with E-state index in [0.717, 1.165) is 11.3 Å². The molecule has 0 saturated heterocycles. The molecule has 0 N–H and O–H groups in total. The Kier molecular flexibility index (Phi) is 5.09. The monoisotopic (exact) mass is 420 g/mol. The third kappa shape index (κ3) is 3.57. The maximum absolute atomic E-state index is 12.9. The van der Waals surface area contributed by atoms with Gasteiger partial charge >= 0.3 is 0 Å². The molecule has 30 heavy (non-hydrogen) atoms. The van der Waals surface area contributed by atoms with Gasteiger partial charge in [-0.3, -0.25) is 13.5 Å². The first-order valence-electron chi connectivity index (χ1n) is 9.40. The number of fused-ring (bicyclic) bond motifs is 1. The largest absolute Gasteiger partial charge is 0.287 e. The van der Waals surface area contributed by atoms with Gasteiger partial charge in [0.1, 0.15) is 6.33 Å². The Morgan fingerprint density at radius 3 is 2.50 bits per heavy atom. The van der Waals surface area contributed by atoms with Crippen LogP contribution in [0.15, 0.2) is 73.2 Å². The van der Waals surface area contributed by atoms with Crippen molar-refractivity contribution in [3.8, 4) is 11.3 Å². The van der Waals surface area contributed by atoms with Crippen molar-refractivity contribution in [3.05, 3.63) is 84.4 Å². The van der Waals surface area contributed by atoms with Crippen LogP contribution in [0.5, 0.6) is 0 Å². The van der Waals surface area contributed by atoms with Gasteiger partial charge in [0.15, 0.2) is 11.3 Å². The molecule has 0 fully saturated rings. The van der Waals surface area contributed by atoms with Gasteiger partial charge < -0.3 is 0 Å². The zero-order valence-electron chi connectivity index (χ0n) is 16.6. The third-order valence-electron chi connectivity index (χ3n) is 4.80. The molecule has 0 aliphatic carbocycles. The summed E-state index contributed by atoms with van der Waals surface area (Å²) in [6.07, 6.45) is 4.37. The number of aromatic nitrogens is 3. The second-order valence-electron chi connectivity index (χ2n) is 6.79. The Balaban J connectivity index is 1.81. The Bertz CT molecular complexity index is 1330. The number of anilines is 1. The molecule has 0 aliphatic heterocycles. The third-order valence-corrected chi connectivity index (χ3v) is 6.07. The Hall–Kier alpha value is -3.52. The maximum atomic E-state index is 12.9. The topological polar surface area (TPSA) is 84.6 Å². The van der Waals surface area contributed by atoms with E-state index in [4.69, 9.17) is 0 Å². The van der Waals surface area contributed by atoms with Crippen molar-refractivity contribution in [2.45, 2.75) is 6.92 Å². The van der Waals surface area contributed by atoms with Gasteiger partial charge in [0.25, 0.3) is 0 Å². The molecule has 0 aliphatic rings. The highest BCUT2D eigenvalue weighted by Gasteiger charge is 2.19. The van der Waals surface area contributed by atoms with E-state index in [1.807, 2.05) is 12.1 Å². The number of imidazole rings is 1. The van der Waals surface area contributed by atoms with E-state index in [-0.39, 0.29) is 11.5 Å². The second kappa shape index (κ2) is 7.72. The summed E-state index contributed by atoms with van der Waals surface area (Å²) in [5, 5.41) is 0. The summed E-state index contributed by atoms with van der Waals surface area (Å²) >= 11 is 0. The molecule has 0 saturated carbocycles. The lowest BCUT2D eigenvalue weighted by Gasteiger charge is -2.21. The van der Waals surface area contributed by atoms with Gasteiger partial charge in [-0.05, 0) is 25.1 Å². The summed E-state index contributed by atoms with van der Waals surface area (Å²) < 4.78 is 27.3. The van der Waals surface area contributed by atoms with E-state index in [1.165, 1.54) is 10.6 Å². The van der Waals surface area contributed by atoms with Gasteiger partial charge in [0, 0.05) is 23.9 Å². The molecule has 4 aromatic rings. The number of benzene rings is 2. The fraction of sp³-hybridized carbons (Fsp3) is 0.136. The molecule has 0 amide bonds. The summed E-state index contributed by atoms with van der Waals surface area (Å²) in [6.45, 7) is 2.12. The standard InChI is InChI=1S/C22H20N4O3S/c1-3-26(30(2,28)29)18-11-7-10-17(14-18)19-12-13-23-22-20(24-15-25(19)22)21(27)16-8-5-4-6-9-16/h4-15H,3H2,1-2H3. The van der Waals surface area contributed by atoms with Crippen molar-refractivity contribution in [3.63, 3.8) is 0 Å². The van der Waals surface area contributed by atoms with Crippen molar-refractivity contribution >= 4 is 27.1 Å². The first kappa shape index (κ1) is 19.8. The highest BCUT2D eigenvalue weighted by Crippen LogP contribution is 2.27. The predicted octanol–water partition coefficient (Wildman–Crippen LogP) is 3.41. The number of rotatable bonds is 6. The minimum Gasteiger partial charge on any atom is -0.287 e. The van der Waals surface area contributed by atoms with Gasteiger partial charge in [-0.1, -0.05) is 42.5 Å². The maximum Gasteiger partial charge on any atom is 0.232 e. The van der Waals surface area contributed by atoms with E-state index >= 15 is 0 Å². The summed E-state index contributed by atoms with van der Waals surface area (Å²) in [4.78, 5) is 21.5. The molecule has 0 atom stereocenters. The van der Waals surface area contributed by atoms with Gasteiger partial charge in [-0.2, -0.15) is 0 Å². The lowest BCUT2D eigenvalue weighted by molar-refractivity contribution is 0.103. The quantitative estimate of drug-likeness (QED) is 0.446. The molecule has 2 aromatic heterocycles. The van der Waals surface area contributed by atoms with E-state index in [0.29, 0.717) is 23.4 Å². The van der Waals surface area contributed by atoms with Crippen molar-refractivity contribution in [2.75, 3.05) is 17.1 Å². The fourth-order valence-electron chi connectivity index (χ4n) is 3.45. The lowest BCUT2D eigenvalue weighted by Crippen LogP contribution is -2.29. The van der Waals surface area contributed by atoms with Crippen LogP contribution in [0.4, 0.5) is 5.69 Å². The average molecular weight is 420 g/mol. The smallest absolute Gasteiger partial charge is 0.232 e. The fourth-order valence-corrected chi connectivity index (χ4v) is 4.42. The summed E-state index contributed by atoms with van der Waals surface area (Å²) in [6, 6.07) is 18.0. The normalized spacial score (nSPS) is 11.5. The molecule has 152 valence electrons. The molecule has 0 radical (unpaired) electrons. The van der Waals surface area contributed by atoms with Crippen molar-refractivity contribution in [1.82, 2.24) is 14.4 Å². The highest BCUT2D eigenvalue weighted by molar-refractivity contribution is 7.92. The summed E-state index contributed by atoms with van der Waals surface area (Å²) in [7, 11) is -3.39. The van der Waals surface area contributed by atoms with Crippen LogP contribution in [0, 0.1) is 0 Å². The van der Waals surface area contributed by atoms with Crippen LogP contribution < -0.4 is 4.31 Å².